The zero-order valence-corrected chi connectivity index (χ0v) is 20.9. The zero-order chi connectivity index (χ0) is 24.0. The summed E-state index contributed by atoms with van der Waals surface area (Å²) >= 11 is 2.91. The molecule has 0 atom stereocenters. The van der Waals surface area contributed by atoms with Crippen LogP contribution in [0.3, 0.4) is 0 Å². The van der Waals surface area contributed by atoms with Crippen molar-refractivity contribution in [1.82, 2.24) is 9.88 Å². The molecule has 174 valence electrons. The monoisotopic (exact) mass is 491 g/mol. The number of aryl methyl sites for hydroxylation is 3. The summed E-state index contributed by atoms with van der Waals surface area (Å²) in [6, 6.07) is 9.80. The van der Waals surface area contributed by atoms with E-state index in [-0.39, 0.29) is 5.91 Å². The van der Waals surface area contributed by atoms with E-state index in [1.54, 1.807) is 11.3 Å². The number of fused-ring (bicyclic) bond motifs is 1. The van der Waals surface area contributed by atoms with Crippen LogP contribution in [0.2, 0.25) is 0 Å². The molecule has 6 nitrogen and oxygen atoms in total. The number of aromatic carboxylic acids is 1. The fraction of sp³-hybridized carbons (Fsp3) is 0.269. The summed E-state index contributed by atoms with van der Waals surface area (Å²) in [5, 5.41) is 14.2. The van der Waals surface area contributed by atoms with Gasteiger partial charge in [-0.25, -0.2) is 9.79 Å². The van der Waals surface area contributed by atoms with Gasteiger partial charge in [-0.15, -0.1) is 11.3 Å². The van der Waals surface area contributed by atoms with Gasteiger partial charge < -0.3 is 15.0 Å². The highest BCUT2D eigenvalue weighted by molar-refractivity contribution is 8.18. The van der Waals surface area contributed by atoms with Crippen molar-refractivity contribution in [3.8, 4) is 5.00 Å². The Morgan fingerprint density at radius 2 is 1.94 bits per heavy atom. The number of thioether (sulfide) groups is 1. The molecule has 2 N–H and O–H groups in total. The van der Waals surface area contributed by atoms with Gasteiger partial charge in [0.05, 0.1) is 16.2 Å². The molecule has 0 saturated carbocycles. The minimum Gasteiger partial charge on any atom is -0.478 e. The van der Waals surface area contributed by atoms with E-state index >= 15 is 0 Å². The van der Waals surface area contributed by atoms with E-state index in [0.717, 1.165) is 64.4 Å². The van der Waals surface area contributed by atoms with Crippen molar-refractivity contribution in [1.29, 1.82) is 0 Å². The lowest BCUT2D eigenvalue weighted by Crippen LogP contribution is -2.19. The summed E-state index contributed by atoms with van der Waals surface area (Å²) < 4.78 is 2.03. The van der Waals surface area contributed by atoms with Crippen molar-refractivity contribution in [3.05, 3.63) is 73.8 Å². The summed E-state index contributed by atoms with van der Waals surface area (Å²) in [5.41, 5.74) is 6.06. The van der Waals surface area contributed by atoms with Gasteiger partial charge in [-0.2, -0.15) is 0 Å². The van der Waals surface area contributed by atoms with Crippen molar-refractivity contribution < 1.29 is 14.7 Å². The number of nitrogens with one attached hydrogen (secondary N) is 1. The highest BCUT2D eigenvalue weighted by Gasteiger charge is 2.28. The van der Waals surface area contributed by atoms with Crippen LogP contribution in [0.15, 0.2) is 40.2 Å². The number of aromatic nitrogens is 1. The Kier molecular flexibility index (Phi) is 5.95. The number of carboxylic acid groups (broad SMARTS) is 1. The van der Waals surface area contributed by atoms with Gasteiger partial charge in [-0.3, -0.25) is 4.79 Å². The normalized spacial score (nSPS) is 17.9. The first kappa shape index (κ1) is 22.7. The number of amidine groups is 1. The first-order chi connectivity index (χ1) is 16.3. The minimum absolute atomic E-state index is 0.181. The van der Waals surface area contributed by atoms with Gasteiger partial charge in [0, 0.05) is 16.3 Å². The third-order valence-electron chi connectivity index (χ3n) is 6.31. The quantitative estimate of drug-likeness (QED) is 0.443. The van der Waals surface area contributed by atoms with Gasteiger partial charge >= 0.3 is 5.97 Å². The molecule has 0 unspecified atom stereocenters. The molecule has 2 aliphatic rings. The van der Waals surface area contributed by atoms with E-state index in [1.165, 1.54) is 16.6 Å². The van der Waals surface area contributed by atoms with Gasteiger partial charge in [-0.05, 0) is 93.1 Å². The first-order valence-corrected chi connectivity index (χ1v) is 12.9. The highest BCUT2D eigenvalue weighted by atomic mass is 32.2. The maximum atomic E-state index is 12.6. The summed E-state index contributed by atoms with van der Waals surface area (Å²) in [7, 11) is 0. The molecule has 1 aliphatic carbocycles. The average molecular weight is 492 g/mol. The summed E-state index contributed by atoms with van der Waals surface area (Å²) in [6.45, 7) is 5.94. The molecule has 8 heteroatoms. The highest BCUT2D eigenvalue weighted by Crippen LogP contribution is 2.39. The molecule has 5 rings (SSSR count). The number of benzene rings is 1. The Morgan fingerprint density at radius 3 is 2.71 bits per heavy atom. The minimum atomic E-state index is -0.871. The van der Waals surface area contributed by atoms with Crippen LogP contribution in [0, 0.1) is 20.8 Å². The molecule has 1 aromatic carbocycles. The van der Waals surface area contributed by atoms with Gasteiger partial charge in [0.1, 0.15) is 5.00 Å². The Hall–Kier alpha value is -3.10. The van der Waals surface area contributed by atoms with Crippen LogP contribution >= 0.6 is 23.1 Å². The van der Waals surface area contributed by atoms with E-state index in [1.807, 2.05) is 61.7 Å². The molecule has 0 spiro atoms. The number of rotatable bonds is 4. The molecule has 2 aromatic heterocycles. The lowest BCUT2D eigenvalue weighted by atomic mass is 9.95. The third-order valence-corrected chi connectivity index (χ3v) is 8.50. The second-order valence-electron chi connectivity index (χ2n) is 8.63. The molecule has 0 bridgehead atoms. The molecule has 3 aromatic rings. The maximum Gasteiger partial charge on any atom is 0.339 e. The van der Waals surface area contributed by atoms with Crippen LogP contribution < -0.4 is 5.32 Å². The Bertz CT molecular complexity index is 1390. The van der Waals surface area contributed by atoms with Crippen LogP contribution in [-0.4, -0.2) is 26.7 Å². The van der Waals surface area contributed by atoms with Crippen LogP contribution in [0.4, 0.5) is 5.69 Å². The molecule has 0 radical (unpaired) electrons. The van der Waals surface area contributed by atoms with E-state index in [4.69, 9.17) is 0 Å². The number of aliphatic imine (C=N–C) groups is 1. The van der Waals surface area contributed by atoms with Gasteiger partial charge in [-0.1, -0.05) is 18.2 Å². The molecule has 1 aliphatic heterocycles. The number of hydrogen-bond acceptors (Lipinski definition) is 5. The van der Waals surface area contributed by atoms with Gasteiger partial charge in [0.25, 0.3) is 5.91 Å². The second-order valence-corrected chi connectivity index (χ2v) is 10.7. The topological polar surface area (TPSA) is 83.7 Å². The number of carbonyl (C=O) groups excluding carboxylic acids is 1. The largest absolute Gasteiger partial charge is 0.478 e. The Balaban J connectivity index is 1.51. The fourth-order valence-corrected chi connectivity index (χ4v) is 6.91. The average Bonchev–Trinajstić information content (AvgIpc) is 3.43. The maximum absolute atomic E-state index is 12.6. The molecule has 1 saturated heterocycles. The molecule has 1 fully saturated rings. The SMILES string of the molecule is Cc1ccccc1N=C1NC(=O)C(=Cc2cc(C)n(-c3sc4c(c3C(=O)O)CCCC4)c2C)S1. The fourth-order valence-electron chi connectivity index (χ4n) is 4.60. The molecule has 3 heterocycles. The Morgan fingerprint density at radius 1 is 1.18 bits per heavy atom. The number of nitrogens with zero attached hydrogens (tertiary/aromatic N) is 2. The predicted molar refractivity (Wildman–Crippen MR) is 139 cm³/mol. The number of carboxylic acids is 1. The van der Waals surface area contributed by atoms with Crippen molar-refractivity contribution in [2.24, 2.45) is 4.99 Å². The van der Waals surface area contributed by atoms with E-state index in [0.29, 0.717) is 15.6 Å². The van der Waals surface area contributed by atoms with Crippen molar-refractivity contribution in [2.45, 2.75) is 46.5 Å². The smallest absolute Gasteiger partial charge is 0.339 e. The van der Waals surface area contributed by atoms with Crippen molar-refractivity contribution in [3.63, 3.8) is 0 Å². The lowest BCUT2D eigenvalue weighted by molar-refractivity contribution is -0.115. The summed E-state index contributed by atoms with van der Waals surface area (Å²) in [4.78, 5) is 31.2. The number of thiophene rings is 1. The number of hydrogen-bond donors (Lipinski definition) is 2. The van der Waals surface area contributed by atoms with Crippen LogP contribution in [0.25, 0.3) is 11.1 Å². The first-order valence-electron chi connectivity index (χ1n) is 11.3. The number of amides is 1. The van der Waals surface area contributed by atoms with Crippen molar-refractivity contribution >= 4 is 51.9 Å². The predicted octanol–water partition coefficient (Wildman–Crippen LogP) is 5.93. The standard InChI is InChI=1S/C26H25N3O3S2/c1-14-8-4-6-10-19(14)27-26-28-23(30)21(34-26)13-17-12-15(2)29(16(17)3)24-22(25(31)32)18-9-5-7-11-20(18)33-24/h4,6,8,10,12-13H,5,7,9,11H2,1-3H3,(H,31,32)(H,27,28,30). The van der Waals surface area contributed by atoms with Gasteiger partial charge in [0.15, 0.2) is 5.17 Å². The zero-order valence-electron chi connectivity index (χ0n) is 19.3. The molecular weight excluding hydrogens is 466 g/mol. The second kappa shape index (κ2) is 8.92. The third kappa shape index (κ3) is 4.01. The van der Waals surface area contributed by atoms with Crippen LogP contribution in [-0.2, 0) is 17.6 Å². The summed E-state index contributed by atoms with van der Waals surface area (Å²) in [5.74, 6) is -1.05. The van der Waals surface area contributed by atoms with E-state index in [9.17, 15) is 14.7 Å². The summed E-state index contributed by atoms with van der Waals surface area (Å²) in [6.07, 6.45) is 5.77. The number of carbonyl (C=O) groups is 2. The molecule has 34 heavy (non-hydrogen) atoms. The van der Waals surface area contributed by atoms with Crippen LogP contribution in [0.5, 0.6) is 0 Å². The molecule has 1 amide bonds. The molecular formula is C26H25N3O3S2. The van der Waals surface area contributed by atoms with Gasteiger partial charge in [0.2, 0.25) is 0 Å². The van der Waals surface area contributed by atoms with Crippen molar-refractivity contribution in [2.75, 3.05) is 0 Å². The van der Waals surface area contributed by atoms with E-state index in [2.05, 4.69) is 10.3 Å². The Labute approximate surface area is 206 Å². The number of para-hydroxylation sites is 1. The lowest BCUT2D eigenvalue weighted by Gasteiger charge is -2.11. The van der Waals surface area contributed by atoms with E-state index < -0.39 is 5.97 Å². The van der Waals surface area contributed by atoms with Crippen LogP contribution in [0.1, 0.15) is 56.2 Å².